The minimum atomic E-state index is -2.70. The van der Waals surface area contributed by atoms with Crippen molar-refractivity contribution in [3.05, 3.63) is 54.1 Å². The lowest BCUT2D eigenvalue weighted by Gasteiger charge is -2.34. The van der Waals surface area contributed by atoms with Crippen molar-refractivity contribution in [2.24, 2.45) is 0 Å². The summed E-state index contributed by atoms with van der Waals surface area (Å²) < 4.78 is 18.2. The molecule has 0 amide bonds. The maximum absolute atomic E-state index is 12.0. The molecule has 0 radical (unpaired) electrons. The van der Waals surface area contributed by atoms with Gasteiger partial charge in [0.2, 0.25) is 0 Å². The fraction of sp³-hybridized carbons (Fsp3) is 0.458. The first-order valence-corrected chi connectivity index (χ1v) is 12.9. The number of carbonyl (C=O) groups is 1. The van der Waals surface area contributed by atoms with E-state index in [-0.39, 0.29) is 29.7 Å². The summed E-state index contributed by atoms with van der Waals surface area (Å²) >= 11 is 0. The highest BCUT2D eigenvalue weighted by Gasteiger charge is 2.41. The molecule has 31 heavy (non-hydrogen) atoms. The smallest absolute Gasteiger partial charge is 0.372 e. The van der Waals surface area contributed by atoms with Gasteiger partial charge in [0.15, 0.2) is 0 Å². The molecule has 0 saturated heterocycles. The van der Waals surface area contributed by atoms with E-state index in [1.807, 2.05) is 39.8 Å². The molecule has 0 bridgehead atoms. The van der Waals surface area contributed by atoms with Crippen LogP contribution in [0, 0.1) is 0 Å². The van der Waals surface area contributed by atoms with Crippen LogP contribution in [-0.4, -0.2) is 43.6 Å². The Morgan fingerprint density at radius 2 is 1.32 bits per heavy atom. The number of rotatable bonds is 12. The van der Waals surface area contributed by atoms with E-state index in [4.69, 9.17) is 13.6 Å². The van der Waals surface area contributed by atoms with E-state index in [0.29, 0.717) is 12.2 Å². The van der Waals surface area contributed by atoms with Crippen molar-refractivity contribution in [3.63, 3.8) is 0 Å². The molecule has 0 aromatic heterocycles. The predicted octanol–water partition coefficient (Wildman–Crippen LogP) is 4.62. The molecule has 0 aliphatic heterocycles. The lowest BCUT2D eigenvalue weighted by molar-refractivity contribution is 0.0497. The van der Waals surface area contributed by atoms with E-state index in [1.165, 1.54) is 12.1 Å². The molecule has 7 heteroatoms. The van der Waals surface area contributed by atoms with Crippen LogP contribution in [-0.2, 0) is 13.6 Å². The minimum Gasteiger partial charge on any atom is -0.508 e. The molecule has 0 atom stereocenters. The van der Waals surface area contributed by atoms with Gasteiger partial charge in [-0.2, -0.15) is 0 Å². The highest BCUT2D eigenvalue weighted by atomic mass is 28.4. The summed E-state index contributed by atoms with van der Waals surface area (Å²) in [5.74, 6) is -0.0552. The number of benzene rings is 2. The Bertz CT molecular complexity index is 792. The van der Waals surface area contributed by atoms with Gasteiger partial charge in [0.25, 0.3) is 0 Å². The van der Waals surface area contributed by atoms with Crippen molar-refractivity contribution in [2.45, 2.75) is 65.2 Å². The van der Waals surface area contributed by atoms with Crippen LogP contribution in [0.25, 0.3) is 0 Å². The van der Waals surface area contributed by atoms with Gasteiger partial charge < -0.3 is 23.8 Å². The highest BCUT2D eigenvalue weighted by Crippen LogP contribution is 2.23. The van der Waals surface area contributed by atoms with Gasteiger partial charge in [0.1, 0.15) is 11.5 Å². The first-order valence-electron chi connectivity index (χ1n) is 10.8. The standard InChI is InChI=1S/C24H34O6Si/c1-18(2)29-31(30-19(3)4,23-14-12-22(26)13-15-23)17-7-5-6-16-28-24(27)20-8-10-21(25)11-9-20/h8-15,18-19,25-26H,5-7,16-17H2,1-4H3. The number of ether oxygens (including phenoxy) is 1. The van der Waals surface area contributed by atoms with E-state index < -0.39 is 8.56 Å². The van der Waals surface area contributed by atoms with E-state index in [0.717, 1.165) is 30.5 Å². The largest absolute Gasteiger partial charge is 0.508 e. The molecular formula is C24H34O6Si. The molecule has 6 nitrogen and oxygen atoms in total. The van der Waals surface area contributed by atoms with Gasteiger partial charge in [-0.15, -0.1) is 0 Å². The van der Waals surface area contributed by atoms with Crippen LogP contribution in [0.5, 0.6) is 11.5 Å². The zero-order chi connectivity index (χ0) is 22.9. The lowest BCUT2D eigenvalue weighted by Crippen LogP contribution is -2.56. The van der Waals surface area contributed by atoms with Crippen LogP contribution in [0.15, 0.2) is 48.5 Å². The second-order valence-corrected chi connectivity index (χ2v) is 11.2. The summed E-state index contributed by atoms with van der Waals surface area (Å²) in [5.41, 5.74) is 0.423. The number of hydrogen-bond donors (Lipinski definition) is 2. The highest BCUT2D eigenvalue weighted by molar-refractivity contribution is 6.81. The maximum Gasteiger partial charge on any atom is 0.372 e. The van der Waals surface area contributed by atoms with Gasteiger partial charge in [0, 0.05) is 12.2 Å². The molecule has 170 valence electrons. The summed E-state index contributed by atoms with van der Waals surface area (Å²) in [7, 11) is -2.70. The van der Waals surface area contributed by atoms with Gasteiger partial charge in [-0.25, -0.2) is 4.79 Å². The number of carbonyl (C=O) groups excluding carboxylic acids is 1. The fourth-order valence-corrected chi connectivity index (χ4v) is 7.15. The van der Waals surface area contributed by atoms with Gasteiger partial charge in [-0.1, -0.05) is 25.0 Å². The quantitative estimate of drug-likeness (QED) is 0.281. The van der Waals surface area contributed by atoms with Crippen molar-refractivity contribution in [2.75, 3.05) is 6.61 Å². The van der Waals surface area contributed by atoms with E-state index in [9.17, 15) is 15.0 Å². The number of hydrogen-bond acceptors (Lipinski definition) is 6. The molecule has 2 N–H and O–H groups in total. The number of aromatic hydroxyl groups is 2. The normalized spacial score (nSPS) is 11.8. The molecule has 0 unspecified atom stereocenters. The Balaban J connectivity index is 1.92. The van der Waals surface area contributed by atoms with Gasteiger partial charge in [-0.3, -0.25) is 0 Å². The maximum atomic E-state index is 12.0. The van der Waals surface area contributed by atoms with Crippen LogP contribution in [0.1, 0.15) is 57.3 Å². The summed E-state index contributed by atoms with van der Waals surface area (Å²) in [4.78, 5) is 12.0. The second-order valence-electron chi connectivity index (χ2n) is 8.13. The number of unbranched alkanes of at least 4 members (excludes halogenated alkanes) is 2. The monoisotopic (exact) mass is 446 g/mol. The Labute approximate surface area is 186 Å². The van der Waals surface area contributed by atoms with Crippen molar-refractivity contribution in [3.8, 4) is 11.5 Å². The first-order chi connectivity index (χ1) is 14.7. The Morgan fingerprint density at radius 1 is 0.806 bits per heavy atom. The molecule has 0 saturated carbocycles. The van der Waals surface area contributed by atoms with Crippen LogP contribution in [0.4, 0.5) is 0 Å². The molecule has 2 aromatic carbocycles. The van der Waals surface area contributed by atoms with Gasteiger partial charge in [0.05, 0.1) is 12.2 Å². The molecule has 0 fully saturated rings. The third kappa shape index (κ3) is 8.01. The molecule has 2 rings (SSSR count). The SMILES string of the molecule is CC(C)O[Si](CCCCCOC(=O)c1ccc(O)cc1)(OC(C)C)c1ccc(O)cc1. The van der Waals surface area contributed by atoms with E-state index in [2.05, 4.69) is 0 Å². The third-order valence-electron chi connectivity index (χ3n) is 4.65. The van der Waals surface area contributed by atoms with E-state index in [1.54, 1.807) is 24.3 Å². The van der Waals surface area contributed by atoms with Crippen LogP contribution < -0.4 is 5.19 Å². The summed E-state index contributed by atoms with van der Waals surface area (Å²) in [5, 5.41) is 20.0. The molecule has 0 aliphatic rings. The van der Waals surface area contributed by atoms with Crippen LogP contribution in [0.2, 0.25) is 6.04 Å². The third-order valence-corrected chi connectivity index (χ3v) is 8.57. The Morgan fingerprint density at radius 3 is 1.84 bits per heavy atom. The van der Waals surface area contributed by atoms with Crippen LogP contribution >= 0.6 is 0 Å². The Hall–Kier alpha value is -2.35. The summed E-state index contributed by atoms with van der Waals surface area (Å²) in [6.07, 6.45) is 2.53. The molecule has 2 aromatic rings. The van der Waals surface area contributed by atoms with Crippen LogP contribution in [0.3, 0.4) is 0 Å². The number of phenolic OH excluding ortho intramolecular Hbond substituents is 2. The predicted molar refractivity (Wildman–Crippen MR) is 123 cm³/mol. The summed E-state index contributed by atoms with van der Waals surface area (Å²) in [6.45, 7) is 8.37. The van der Waals surface area contributed by atoms with E-state index >= 15 is 0 Å². The number of esters is 1. The van der Waals surface area contributed by atoms with Gasteiger partial charge in [-0.05, 0) is 81.7 Å². The van der Waals surface area contributed by atoms with Crippen molar-refractivity contribution in [1.29, 1.82) is 0 Å². The zero-order valence-electron chi connectivity index (χ0n) is 18.8. The van der Waals surface area contributed by atoms with Gasteiger partial charge >= 0.3 is 14.5 Å². The number of phenols is 2. The fourth-order valence-electron chi connectivity index (χ4n) is 3.39. The first kappa shape index (κ1) is 24.9. The summed E-state index contributed by atoms with van der Waals surface area (Å²) in [6, 6.07) is 13.9. The van der Waals surface area contributed by atoms with Crippen molar-refractivity contribution >= 4 is 19.7 Å². The van der Waals surface area contributed by atoms with Crippen molar-refractivity contribution < 1.29 is 28.6 Å². The lowest BCUT2D eigenvalue weighted by atomic mass is 10.2. The molecule has 0 aliphatic carbocycles. The molecular weight excluding hydrogens is 412 g/mol. The average molecular weight is 447 g/mol. The topological polar surface area (TPSA) is 85.2 Å². The minimum absolute atomic E-state index is 0.0190. The molecule has 0 spiro atoms. The Kier molecular flexibility index (Phi) is 9.55. The molecule has 0 heterocycles. The second kappa shape index (κ2) is 11.9. The van der Waals surface area contributed by atoms with Crippen molar-refractivity contribution in [1.82, 2.24) is 0 Å². The average Bonchev–Trinajstić information content (AvgIpc) is 2.70. The zero-order valence-corrected chi connectivity index (χ0v) is 19.8.